The number of nitrogens with zero attached hydrogens (tertiary/aromatic N) is 2. The van der Waals surface area contributed by atoms with Gasteiger partial charge in [-0.25, -0.2) is 0 Å². The minimum absolute atomic E-state index is 0.215. The Morgan fingerprint density at radius 2 is 2.06 bits per heavy atom. The lowest BCUT2D eigenvalue weighted by Crippen LogP contribution is -2.47. The van der Waals surface area contributed by atoms with Gasteiger partial charge in [0.25, 0.3) is 0 Å². The number of carboxylic acid groups (broad SMARTS) is 1. The van der Waals surface area contributed by atoms with Crippen molar-refractivity contribution < 1.29 is 9.90 Å². The van der Waals surface area contributed by atoms with E-state index in [4.69, 9.17) is 5.11 Å². The SMILES string of the molecule is CN1CCN(CCC(=O)O)C(c2ccccc2)C1. The average molecular weight is 248 g/mol. The smallest absolute Gasteiger partial charge is 0.304 e. The summed E-state index contributed by atoms with van der Waals surface area (Å²) in [6.45, 7) is 3.53. The van der Waals surface area contributed by atoms with Crippen molar-refractivity contribution in [3.8, 4) is 0 Å². The van der Waals surface area contributed by atoms with Crippen LogP contribution in [0.3, 0.4) is 0 Å². The summed E-state index contributed by atoms with van der Waals surface area (Å²) in [5, 5.41) is 8.82. The molecule has 1 heterocycles. The van der Waals surface area contributed by atoms with Gasteiger partial charge in [-0.15, -0.1) is 0 Å². The summed E-state index contributed by atoms with van der Waals surface area (Å²) >= 11 is 0. The summed E-state index contributed by atoms with van der Waals surface area (Å²) in [6, 6.07) is 10.6. The highest BCUT2D eigenvalue weighted by molar-refractivity contribution is 5.66. The molecule has 0 bridgehead atoms. The van der Waals surface area contributed by atoms with E-state index in [-0.39, 0.29) is 6.42 Å². The fraction of sp³-hybridized carbons (Fsp3) is 0.500. The summed E-state index contributed by atoms with van der Waals surface area (Å²) in [4.78, 5) is 15.3. The normalized spacial score (nSPS) is 21.9. The van der Waals surface area contributed by atoms with E-state index >= 15 is 0 Å². The van der Waals surface area contributed by atoms with Gasteiger partial charge in [-0.2, -0.15) is 0 Å². The maximum Gasteiger partial charge on any atom is 0.304 e. The van der Waals surface area contributed by atoms with Crippen LogP contribution in [0, 0.1) is 0 Å². The molecule has 0 spiro atoms. The van der Waals surface area contributed by atoms with Crippen LogP contribution in [0.25, 0.3) is 0 Å². The maximum atomic E-state index is 10.7. The molecular formula is C14H20N2O2. The first-order valence-corrected chi connectivity index (χ1v) is 6.36. The predicted molar refractivity (Wildman–Crippen MR) is 70.5 cm³/mol. The molecule has 1 atom stereocenters. The molecular weight excluding hydrogens is 228 g/mol. The van der Waals surface area contributed by atoms with E-state index < -0.39 is 5.97 Å². The molecule has 0 radical (unpaired) electrons. The average Bonchev–Trinajstić information content (AvgIpc) is 2.38. The molecule has 1 saturated heterocycles. The zero-order chi connectivity index (χ0) is 13.0. The van der Waals surface area contributed by atoms with Crippen LogP contribution in [0.1, 0.15) is 18.0 Å². The van der Waals surface area contributed by atoms with Crippen molar-refractivity contribution in [3.05, 3.63) is 35.9 Å². The second-order valence-corrected chi connectivity index (χ2v) is 4.87. The highest BCUT2D eigenvalue weighted by atomic mass is 16.4. The molecule has 4 nitrogen and oxygen atoms in total. The number of likely N-dealkylation sites (N-methyl/N-ethyl adjacent to an activating group) is 1. The summed E-state index contributed by atoms with van der Waals surface area (Å²) < 4.78 is 0. The highest BCUT2D eigenvalue weighted by Crippen LogP contribution is 2.24. The van der Waals surface area contributed by atoms with Gasteiger partial charge in [0.2, 0.25) is 0 Å². The molecule has 1 aromatic carbocycles. The van der Waals surface area contributed by atoms with Crippen LogP contribution in [0.15, 0.2) is 30.3 Å². The van der Waals surface area contributed by atoms with Crippen LogP contribution in [-0.2, 0) is 4.79 Å². The van der Waals surface area contributed by atoms with E-state index in [1.165, 1.54) is 5.56 Å². The minimum atomic E-state index is -0.722. The molecule has 98 valence electrons. The molecule has 0 amide bonds. The first-order valence-electron chi connectivity index (χ1n) is 6.36. The summed E-state index contributed by atoms with van der Waals surface area (Å²) in [5.74, 6) is -0.722. The Kier molecular flexibility index (Phi) is 4.33. The number of carbonyl (C=O) groups is 1. The second-order valence-electron chi connectivity index (χ2n) is 4.87. The van der Waals surface area contributed by atoms with Crippen molar-refractivity contribution in [2.45, 2.75) is 12.5 Å². The van der Waals surface area contributed by atoms with Gasteiger partial charge in [0.1, 0.15) is 0 Å². The lowest BCUT2D eigenvalue weighted by molar-refractivity contribution is -0.137. The molecule has 18 heavy (non-hydrogen) atoms. The van der Waals surface area contributed by atoms with Gasteiger partial charge in [0, 0.05) is 32.2 Å². The number of hydrogen-bond acceptors (Lipinski definition) is 3. The van der Waals surface area contributed by atoms with Crippen LogP contribution < -0.4 is 0 Å². The molecule has 0 saturated carbocycles. The fourth-order valence-corrected chi connectivity index (χ4v) is 2.46. The molecule has 1 aliphatic heterocycles. The summed E-state index contributed by atoms with van der Waals surface area (Å²) in [6.07, 6.45) is 0.215. The maximum absolute atomic E-state index is 10.7. The van der Waals surface area contributed by atoms with Gasteiger partial charge in [0.05, 0.1) is 6.42 Å². The number of carboxylic acids is 1. The molecule has 1 fully saturated rings. The summed E-state index contributed by atoms with van der Waals surface area (Å²) in [5.41, 5.74) is 1.27. The third-order valence-corrected chi connectivity index (χ3v) is 3.49. The van der Waals surface area contributed by atoms with Crippen LogP contribution >= 0.6 is 0 Å². The Balaban J connectivity index is 2.08. The number of hydrogen-bond donors (Lipinski definition) is 1. The van der Waals surface area contributed by atoms with Crippen LogP contribution in [0.5, 0.6) is 0 Å². The predicted octanol–water partition coefficient (Wildman–Crippen LogP) is 1.45. The first kappa shape index (κ1) is 13.1. The van der Waals surface area contributed by atoms with Gasteiger partial charge in [-0.3, -0.25) is 9.69 Å². The number of aliphatic carboxylic acids is 1. The highest BCUT2D eigenvalue weighted by Gasteiger charge is 2.26. The third kappa shape index (κ3) is 3.31. The van der Waals surface area contributed by atoms with Gasteiger partial charge >= 0.3 is 5.97 Å². The van der Waals surface area contributed by atoms with E-state index in [0.29, 0.717) is 12.6 Å². The summed E-state index contributed by atoms with van der Waals surface area (Å²) in [7, 11) is 2.12. The van der Waals surface area contributed by atoms with Gasteiger partial charge in [-0.05, 0) is 12.6 Å². The van der Waals surface area contributed by atoms with E-state index in [1.54, 1.807) is 0 Å². The molecule has 4 heteroatoms. The number of benzene rings is 1. The van der Waals surface area contributed by atoms with Crippen LogP contribution in [-0.4, -0.2) is 54.1 Å². The molecule has 1 aliphatic rings. The zero-order valence-electron chi connectivity index (χ0n) is 10.7. The Hall–Kier alpha value is -1.39. The van der Waals surface area contributed by atoms with Crippen LogP contribution in [0.2, 0.25) is 0 Å². The van der Waals surface area contributed by atoms with Crippen molar-refractivity contribution in [3.63, 3.8) is 0 Å². The van der Waals surface area contributed by atoms with E-state index in [9.17, 15) is 4.79 Å². The van der Waals surface area contributed by atoms with Crippen molar-refractivity contribution in [2.24, 2.45) is 0 Å². The van der Waals surface area contributed by atoms with Crippen molar-refractivity contribution in [1.82, 2.24) is 9.80 Å². The molecule has 0 aromatic heterocycles. The van der Waals surface area contributed by atoms with Crippen LogP contribution in [0.4, 0.5) is 0 Å². The van der Waals surface area contributed by atoms with Crippen molar-refractivity contribution in [2.75, 3.05) is 33.2 Å². The van der Waals surface area contributed by atoms with Gasteiger partial charge < -0.3 is 10.0 Å². The van der Waals surface area contributed by atoms with Gasteiger partial charge in [-0.1, -0.05) is 30.3 Å². The number of piperazine rings is 1. The molecule has 1 aromatic rings. The largest absolute Gasteiger partial charge is 0.481 e. The van der Waals surface area contributed by atoms with E-state index in [1.807, 2.05) is 18.2 Å². The first-order chi connectivity index (χ1) is 8.66. The van der Waals surface area contributed by atoms with Crippen molar-refractivity contribution in [1.29, 1.82) is 0 Å². The lowest BCUT2D eigenvalue weighted by Gasteiger charge is -2.40. The second kappa shape index (κ2) is 5.98. The minimum Gasteiger partial charge on any atom is -0.481 e. The quantitative estimate of drug-likeness (QED) is 0.876. The Morgan fingerprint density at radius 3 is 2.72 bits per heavy atom. The Labute approximate surface area is 108 Å². The third-order valence-electron chi connectivity index (χ3n) is 3.49. The topological polar surface area (TPSA) is 43.8 Å². The molecule has 1 unspecified atom stereocenters. The molecule has 2 rings (SSSR count). The number of rotatable bonds is 4. The van der Waals surface area contributed by atoms with Crippen molar-refractivity contribution >= 4 is 5.97 Å². The standard InChI is InChI=1S/C14H20N2O2/c1-15-9-10-16(8-7-14(17)18)13(11-15)12-5-3-2-4-6-12/h2-6,13H,7-11H2,1H3,(H,17,18). The Bertz CT molecular complexity index is 394. The zero-order valence-corrected chi connectivity index (χ0v) is 10.7. The Morgan fingerprint density at radius 1 is 1.33 bits per heavy atom. The monoisotopic (exact) mass is 248 g/mol. The lowest BCUT2D eigenvalue weighted by atomic mass is 10.0. The van der Waals surface area contributed by atoms with E-state index in [0.717, 1.165) is 19.6 Å². The molecule has 1 N–H and O–H groups in total. The molecule has 0 aliphatic carbocycles. The van der Waals surface area contributed by atoms with E-state index in [2.05, 4.69) is 29.0 Å². The van der Waals surface area contributed by atoms with Gasteiger partial charge in [0.15, 0.2) is 0 Å². The fourth-order valence-electron chi connectivity index (χ4n) is 2.46.